The molecule has 2 amide bonds. The van der Waals surface area contributed by atoms with Crippen molar-refractivity contribution >= 4 is 17.5 Å². The lowest BCUT2D eigenvalue weighted by Gasteiger charge is -2.14. The van der Waals surface area contributed by atoms with E-state index in [1.165, 1.54) is 4.90 Å². The number of amides is 2. The number of rotatable bonds is 2. The Hall–Kier alpha value is -1.88. The van der Waals surface area contributed by atoms with Crippen LogP contribution in [0.2, 0.25) is 0 Å². The maximum Gasteiger partial charge on any atom is 0.261 e. The number of hydrogen-bond donors (Lipinski definition) is 2. The Bertz CT molecular complexity index is 430. The van der Waals surface area contributed by atoms with E-state index in [1.54, 1.807) is 24.3 Å². The number of nitrogens with two attached hydrogens (primary N) is 1. The van der Waals surface area contributed by atoms with Gasteiger partial charge >= 0.3 is 0 Å². The first-order chi connectivity index (χ1) is 7.11. The van der Waals surface area contributed by atoms with E-state index in [0.717, 1.165) is 0 Å². The van der Waals surface area contributed by atoms with E-state index in [1.807, 2.05) is 0 Å². The zero-order valence-corrected chi connectivity index (χ0v) is 7.88. The molecule has 5 heteroatoms. The highest BCUT2D eigenvalue weighted by Gasteiger charge is 2.35. The number of aliphatic hydroxyl groups is 1. The Labute approximate surface area is 86.1 Å². The van der Waals surface area contributed by atoms with E-state index in [0.29, 0.717) is 11.3 Å². The monoisotopic (exact) mass is 206 g/mol. The van der Waals surface area contributed by atoms with Gasteiger partial charge in [-0.2, -0.15) is 0 Å². The fourth-order valence-electron chi connectivity index (χ4n) is 1.68. The molecule has 1 atom stereocenters. The van der Waals surface area contributed by atoms with Gasteiger partial charge in [0.05, 0.1) is 5.69 Å². The van der Waals surface area contributed by atoms with Crippen molar-refractivity contribution in [2.45, 2.75) is 6.10 Å². The molecule has 0 fully saturated rings. The molecule has 1 aromatic rings. The molecule has 2 rings (SSSR count). The lowest BCUT2D eigenvalue weighted by atomic mass is 10.1. The van der Waals surface area contributed by atoms with Crippen molar-refractivity contribution in [3.63, 3.8) is 0 Å². The van der Waals surface area contributed by atoms with Crippen LogP contribution in [-0.4, -0.2) is 23.5 Å². The lowest BCUT2D eigenvalue weighted by molar-refractivity contribution is -0.127. The van der Waals surface area contributed by atoms with Crippen LogP contribution >= 0.6 is 0 Å². The maximum absolute atomic E-state index is 11.6. The highest BCUT2D eigenvalue weighted by Crippen LogP contribution is 2.34. The highest BCUT2D eigenvalue weighted by molar-refractivity contribution is 6.06. The molecule has 0 bridgehead atoms. The van der Waals surface area contributed by atoms with Gasteiger partial charge in [0, 0.05) is 5.56 Å². The van der Waals surface area contributed by atoms with Crippen molar-refractivity contribution in [1.29, 1.82) is 0 Å². The van der Waals surface area contributed by atoms with Gasteiger partial charge in [-0.3, -0.25) is 9.59 Å². The molecule has 0 spiro atoms. The summed E-state index contributed by atoms with van der Waals surface area (Å²) in [5.74, 6) is -1.11. The van der Waals surface area contributed by atoms with Gasteiger partial charge in [-0.05, 0) is 6.07 Å². The predicted octanol–water partition coefficient (Wildman–Crippen LogP) is -0.448. The van der Waals surface area contributed by atoms with Gasteiger partial charge in [0.15, 0.2) is 6.10 Å². The summed E-state index contributed by atoms with van der Waals surface area (Å²) in [4.78, 5) is 23.5. The zero-order chi connectivity index (χ0) is 11.0. The van der Waals surface area contributed by atoms with Crippen LogP contribution in [0, 0.1) is 0 Å². The number of carbonyl (C=O) groups excluding carboxylic acids is 2. The second-order valence-electron chi connectivity index (χ2n) is 3.35. The molecule has 0 aromatic heterocycles. The lowest BCUT2D eigenvalue weighted by Crippen LogP contribution is -2.36. The van der Waals surface area contributed by atoms with Crippen LogP contribution in [-0.2, 0) is 9.59 Å². The number of para-hydroxylation sites is 1. The summed E-state index contributed by atoms with van der Waals surface area (Å²) in [6.07, 6.45) is -1.18. The molecule has 15 heavy (non-hydrogen) atoms. The Morgan fingerprint density at radius 1 is 1.47 bits per heavy atom. The first-order valence-electron chi connectivity index (χ1n) is 4.48. The van der Waals surface area contributed by atoms with Gasteiger partial charge in [0.1, 0.15) is 6.54 Å². The first kappa shape index (κ1) is 9.67. The highest BCUT2D eigenvalue weighted by atomic mass is 16.3. The van der Waals surface area contributed by atoms with E-state index in [-0.39, 0.29) is 6.54 Å². The number of aliphatic hydroxyl groups excluding tert-OH is 1. The third-order valence-electron chi connectivity index (χ3n) is 2.34. The summed E-state index contributed by atoms with van der Waals surface area (Å²) >= 11 is 0. The Morgan fingerprint density at radius 3 is 2.80 bits per heavy atom. The smallest absolute Gasteiger partial charge is 0.261 e. The molecular weight excluding hydrogens is 196 g/mol. The zero-order valence-electron chi connectivity index (χ0n) is 7.88. The number of fused-ring (bicyclic) bond motifs is 1. The average Bonchev–Trinajstić information content (AvgIpc) is 2.44. The number of carbonyl (C=O) groups is 2. The molecule has 0 aliphatic carbocycles. The van der Waals surface area contributed by atoms with Crippen molar-refractivity contribution in [3.8, 4) is 0 Å². The average molecular weight is 206 g/mol. The summed E-state index contributed by atoms with van der Waals surface area (Å²) in [5.41, 5.74) is 6.09. The van der Waals surface area contributed by atoms with Crippen molar-refractivity contribution in [2.24, 2.45) is 5.73 Å². The van der Waals surface area contributed by atoms with Gasteiger partial charge in [-0.25, -0.2) is 0 Å². The fraction of sp³-hybridized carbons (Fsp3) is 0.200. The minimum atomic E-state index is -1.18. The fourth-order valence-corrected chi connectivity index (χ4v) is 1.68. The molecular formula is C10H10N2O3. The van der Waals surface area contributed by atoms with Crippen LogP contribution in [0.15, 0.2) is 24.3 Å². The quantitative estimate of drug-likeness (QED) is 0.687. The molecule has 0 saturated carbocycles. The van der Waals surface area contributed by atoms with Crippen LogP contribution in [0.25, 0.3) is 0 Å². The number of anilines is 1. The molecule has 1 aromatic carbocycles. The van der Waals surface area contributed by atoms with Crippen LogP contribution in [0.5, 0.6) is 0 Å². The van der Waals surface area contributed by atoms with E-state index in [4.69, 9.17) is 5.73 Å². The van der Waals surface area contributed by atoms with E-state index < -0.39 is 17.9 Å². The number of primary amides is 1. The normalized spacial score (nSPS) is 19.1. The van der Waals surface area contributed by atoms with E-state index in [9.17, 15) is 14.7 Å². The van der Waals surface area contributed by atoms with Gasteiger partial charge in [-0.15, -0.1) is 0 Å². The predicted molar refractivity (Wildman–Crippen MR) is 52.9 cm³/mol. The molecule has 1 aliphatic rings. The van der Waals surface area contributed by atoms with Crippen molar-refractivity contribution < 1.29 is 14.7 Å². The van der Waals surface area contributed by atoms with Crippen molar-refractivity contribution in [2.75, 3.05) is 11.4 Å². The number of hydrogen-bond acceptors (Lipinski definition) is 3. The molecule has 0 radical (unpaired) electrons. The Balaban J connectivity index is 2.42. The van der Waals surface area contributed by atoms with Gasteiger partial charge < -0.3 is 15.7 Å². The molecule has 1 unspecified atom stereocenters. The second kappa shape index (κ2) is 3.36. The van der Waals surface area contributed by atoms with Gasteiger partial charge in [-0.1, -0.05) is 18.2 Å². The minimum absolute atomic E-state index is 0.201. The van der Waals surface area contributed by atoms with Crippen LogP contribution in [0.1, 0.15) is 11.7 Å². The summed E-state index contributed by atoms with van der Waals surface area (Å²) in [5, 5.41) is 9.59. The summed E-state index contributed by atoms with van der Waals surface area (Å²) in [7, 11) is 0. The molecule has 78 valence electrons. The number of benzene rings is 1. The largest absolute Gasteiger partial charge is 0.378 e. The summed E-state index contributed by atoms with van der Waals surface area (Å²) < 4.78 is 0. The topological polar surface area (TPSA) is 83.6 Å². The molecule has 1 heterocycles. The molecule has 5 nitrogen and oxygen atoms in total. The summed E-state index contributed by atoms with van der Waals surface area (Å²) in [6.45, 7) is -0.201. The molecule has 1 aliphatic heterocycles. The number of nitrogens with zero attached hydrogens (tertiary/aromatic N) is 1. The van der Waals surface area contributed by atoms with E-state index in [2.05, 4.69) is 0 Å². The van der Waals surface area contributed by atoms with Gasteiger partial charge in [0.2, 0.25) is 5.91 Å². The van der Waals surface area contributed by atoms with Crippen molar-refractivity contribution in [1.82, 2.24) is 0 Å². The standard InChI is InChI=1S/C10H10N2O3/c11-8(13)5-12-7-4-2-1-3-6(7)9(14)10(12)15/h1-4,9,14H,5H2,(H2,11,13). The minimum Gasteiger partial charge on any atom is -0.378 e. The third-order valence-corrected chi connectivity index (χ3v) is 2.34. The summed E-state index contributed by atoms with van der Waals surface area (Å²) in [6, 6.07) is 6.78. The SMILES string of the molecule is NC(=O)CN1C(=O)C(O)c2ccccc21. The Morgan fingerprint density at radius 2 is 2.13 bits per heavy atom. The third kappa shape index (κ3) is 1.46. The molecule has 3 N–H and O–H groups in total. The Kier molecular flexibility index (Phi) is 2.17. The van der Waals surface area contributed by atoms with Crippen LogP contribution < -0.4 is 10.6 Å². The van der Waals surface area contributed by atoms with E-state index >= 15 is 0 Å². The molecule has 0 saturated heterocycles. The van der Waals surface area contributed by atoms with Crippen molar-refractivity contribution in [3.05, 3.63) is 29.8 Å². The maximum atomic E-state index is 11.6. The van der Waals surface area contributed by atoms with Gasteiger partial charge in [0.25, 0.3) is 5.91 Å². The first-order valence-corrected chi connectivity index (χ1v) is 4.48. The second-order valence-corrected chi connectivity index (χ2v) is 3.35. The van der Waals surface area contributed by atoms with Crippen LogP contribution in [0.3, 0.4) is 0 Å². The van der Waals surface area contributed by atoms with Crippen LogP contribution in [0.4, 0.5) is 5.69 Å².